The van der Waals surface area contributed by atoms with Crippen LogP contribution in [0.15, 0.2) is 122 Å². The van der Waals surface area contributed by atoms with Gasteiger partial charge in [-0.25, -0.2) is 4.57 Å². The van der Waals surface area contributed by atoms with Crippen LogP contribution in [0, 0.1) is 0 Å². The van der Waals surface area contributed by atoms with E-state index in [1.807, 2.05) is 6.07 Å². The minimum atomic E-state index is -1.63. The highest BCUT2D eigenvalue weighted by Crippen LogP contribution is 2.56. The second kappa shape index (κ2) is 24.5. The van der Waals surface area contributed by atoms with Crippen molar-refractivity contribution in [1.82, 2.24) is 0 Å². The second-order valence-electron chi connectivity index (χ2n) is 11.2. The third-order valence-corrected chi connectivity index (χ3v) is 12.5. The molecule has 4 rings (SSSR count). The van der Waals surface area contributed by atoms with E-state index < -0.39 is 7.26 Å². The maximum Gasteiger partial charge on any atom is 0.168 e. The van der Waals surface area contributed by atoms with Gasteiger partial charge in [0.25, 0.3) is 0 Å². The summed E-state index contributed by atoms with van der Waals surface area (Å²) in [7, 11) is -1.63. The summed E-state index contributed by atoms with van der Waals surface area (Å²) >= 11 is 0. The Kier molecular flexibility index (Phi) is 22.4. The summed E-state index contributed by atoms with van der Waals surface area (Å²) < 4.78 is 2.21. The van der Waals surface area contributed by atoms with Crippen molar-refractivity contribution < 1.29 is 38.5 Å². The van der Waals surface area contributed by atoms with Gasteiger partial charge in [0.2, 0.25) is 0 Å². The fourth-order valence-electron chi connectivity index (χ4n) is 5.64. The molecule has 43 heavy (non-hydrogen) atoms. The van der Waals surface area contributed by atoms with E-state index in [2.05, 4.69) is 134 Å². The SMILES string of the molecule is CCCCCCCCCCCC[P+](c1ccccc1)(c1ccccc1)c1ccccc1.CCCC[n+]1ccccc1.[Br-].[Br-]. The van der Waals surface area contributed by atoms with E-state index in [1.54, 1.807) is 0 Å². The highest BCUT2D eigenvalue weighted by molar-refractivity contribution is 7.95. The van der Waals surface area contributed by atoms with E-state index in [9.17, 15) is 0 Å². The van der Waals surface area contributed by atoms with Crippen LogP contribution in [0.25, 0.3) is 0 Å². The molecule has 1 nitrogen and oxygen atoms in total. The van der Waals surface area contributed by atoms with Crippen LogP contribution in [-0.2, 0) is 6.54 Å². The summed E-state index contributed by atoms with van der Waals surface area (Å²) in [6.45, 7) is 5.66. The zero-order chi connectivity index (χ0) is 28.9. The fraction of sp³-hybridized carbons (Fsp3) is 0.410. The highest BCUT2D eigenvalue weighted by Gasteiger charge is 2.44. The first kappa shape index (κ1) is 39.2. The van der Waals surface area contributed by atoms with E-state index in [1.165, 1.54) is 99.1 Å². The number of benzene rings is 3. The maximum absolute atomic E-state index is 2.37. The summed E-state index contributed by atoms with van der Waals surface area (Å²) in [5.74, 6) is 0. The van der Waals surface area contributed by atoms with Crippen LogP contribution in [0.2, 0.25) is 0 Å². The summed E-state index contributed by atoms with van der Waals surface area (Å²) in [6.07, 6.45) is 21.9. The van der Waals surface area contributed by atoms with E-state index in [4.69, 9.17) is 0 Å². The molecule has 0 bridgehead atoms. The molecule has 0 fully saturated rings. The zero-order valence-electron chi connectivity index (χ0n) is 26.6. The monoisotopic (exact) mass is 725 g/mol. The Labute approximate surface area is 285 Å². The molecule has 0 aliphatic heterocycles. The molecule has 0 amide bonds. The number of pyridine rings is 1. The van der Waals surface area contributed by atoms with Crippen LogP contribution in [0.5, 0.6) is 0 Å². The number of hydrogen-bond acceptors (Lipinski definition) is 0. The highest BCUT2D eigenvalue weighted by atomic mass is 79.9. The molecule has 0 aliphatic carbocycles. The summed E-state index contributed by atoms with van der Waals surface area (Å²) in [6, 6.07) is 40.1. The topological polar surface area (TPSA) is 3.88 Å². The van der Waals surface area contributed by atoms with Crippen molar-refractivity contribution in [2.24, 2.45) is 0 Å². The predicted octanol–water partition coefficient (Wildman–Crippen LogP) is 3.68. The average Bonchev–Trinajstić information content (AvgIpc) is 3.05. The van der Waals surface area contributed by atoms with Gasteiger partial charge in [-0.15, -0.1) is 0 Å². The van der Waals surface area contributed by atoms with Gasteiger partial charge in [-0.1, -0.05) is 132 Å². The summed E-state index contributed by atoms with van der Waals surface area (Å²) in [4.78, 5) is 0. The van der Waals surface area contributed by atoms with Crippen molar-refractivity contribution in [1.29, 1.82) is 0 Å². The van der Waals surface area contributed by atoms with E-state index >= 15 is 0 Å². The molecule has 0 aliphatic rings. The number of aromatic nitrogens is 1. The van der Waals surface area contributed by atoms with Crippen molar-refractivity contribution >= 4 is 23.2 Å². The molecule has 0 atom stereocenters. The largest absolute Gasteiger partial charge is 1.00 e. The van der Waals surface area contributed by atoms with Crippen molar-refractivity contribution in [2.75, 3.05) is 6.16 Å². The Morgan fingerprint density at radius 3 is 1.16 bits per heavy atom. The van der Waals surface area contributed by atoms with Gasteiger partial charge in [0.1, 0.15) is 29.7 Å². The molecule has 0 saturated carbocycles. The predicted molar refractivity (Wildman–Crippen MR) is 183 cm³/mol. The Hall–Kier alpha value is -1.80. The minimum absolute atomic E-state index is 0. The average molecular weight is 728 g/mol. The lowest BCUT2D eigenvalue weighted by atomic mass is 10.1. The third kappa shape index (κ3) is 13.8. The standard InChI is InChI=1S/C30H40P.C9H14N.2BrH/c1-2-3-4-5-6-7-8-9-10-20-27-31(28-21-14-11-15-22-28,29-23-16-12-17-24-29)30-25-18-13-19-26-30;1-2-3-7-10-8-5-4-6-9-10;;/h11-19,21-26H,2-10,20,27H2,1H3;4-6,8-9H,2-3,7H2,1H3;2*1H/q2*+1;;/p-2. The number of hydrogen-bond donors (Lipinski definition) is 0. The van der Waals surface area contributed by atoms with E-state index in [0.29, 0.717) is 0 Å². The van der Waals surface area contributed by atoms with Crippen molar-refractivity contribution in [3.63, 3.8) is 0 Å². The van der Waals surface area contributed by atoms with Gasteiger partial charge in [0, 0.05) is 18.6 Å². The van der Waals surface area contributed by atoms with Crippen LogP contribution >= 0.6 is 7.26 Å². The van der Waals surface area contributed by atoms with Crippen LogP contribution in [0.1, 0.15) is 90.9 Å². The van der Waals surface area contributed by atoms with E-state index in [-0.39, 0.29) is 34.0 Å². The Morgan fingerprint density at radius 2 is 0.767 bits per heavy atom. The molecule has 0 saturated heterocycles. The maximum atomic E-state index is 2.37. The quantitative estimate of drug-likeness (QED) is 0.0889. The first-order chi connectivity index (χ1) is 20.3. The Bertz CT molecular complexity index is 1060. The lowest BCUT2D eigenvalue weighted by molar-refractivity contribution is -0.697. The number of rotatable bonds is 17. The van der Waals surface area contributed by atoms with Gasteiger partial charge < -0.3 is 34.0 Å². The van der Waals surface area contributed by atoms with Gasteiger partial charge >= 0.3 is 0 Å². The Morgan fingerprint density at radius 1 is 0.419 bits per heavy atom. The van der Waals surface area contributed by atoms with Crippen molar-refractivity contribution in [3.05, 3.63) is 122 Å². The van der Waals surface area contributed by atoms with Crippen LogP contribution in [0.3, 0.4) is 0 Å². The lowest BCUT2D eigenvalue weighted by Gasteiger charge is -2.27. The molecule has 0 N–H and O–H groups in total. The van der Waals surface area contributed by atoms with Gasteiger partial charge in [-0.05, 0) is 49.2 Å². The smallest absolute Gasteiger partial charge is 0.168 e. The molecule has 0 unspecified atom stereocenters. The summed E-state index contributed by atoms with van der Waals surface area (Å²) in [5, 5.41) is 4.55. The van der Waals surface area contributed by atoms with Crippen molar-refractivity contribution in [3.8, 4) is 0 Å². The van der Waals surface area contributed by atoms with Gasteiger partial charge in [-0.3, -0.25) is 0 Å². The van der Waals surface area contributed by atoms with Crippen LogP contribution in [-0.4, -0.2) is 6.16 Å². The number of unbranched alkanes of at least 4 members (excludes halogenated alkanes) is 10. The molecule has 0 spiro atoms. The van der Waals surface area contributed by atoms with Gasteiger partial charge in [0.15, 0.2) is 12.4 Å². The molecule has 234 valence electrons. The molecule has 4 heteroatoms. The Balaban J connectivity index is 0.000000656. The molecular formula is C39H54Br2NP. The third-order valence-electron chi connectivity index (χ3n) is 7.99. The fourth-order valence-corrected chi connectivity index (χ4v) is 10.1. The summed E-state index contributed by atoms with van der Waals surface area (Å²) in [5.41, 5.74) is 0. The molecular weight excluding hydrogens is 673 g/mol. The zero-order valence-corrected chi connectivity index (χ0v) is 30.7. The van der Waals surface area contributed by atoms with Gasteiger partial charge in [0.05, 0.1) is 6.16 Å². The molecule has 1 heterocycles. The van der Waals surface area contributed by atoms with Crippen LogP contribution in [0.4, 0.5) is 0 Å². The molecule has 3 aromatic carbocycles. The molecule has 0 radical (unpaired) electrons. The molecule has 4 aromatic rings. The number of nitrogens with zero attached hydrogens (tertiary/aromatic N) is 1. The normalized spacial score (nSPS) is 10.6. The number of aryl methyl sites for hydroxylation is 1. The van der Waals surface area contributed by atoms with E-state index in [0.717, 1.165) is 6.54 Å². The lowest BCUT2D eigenvalue weighted by Crippen LogP contribution is -3.00. The first-order valence-corrected chi connectivity index (χ1v) is 18.3. The first-order valence-electron chi connectivity index (χ1n) is 16.3. The van der Waals surface area contributed by atoms with Crippen molar-refractivity contribution in [2.45, 2.75) is 97.4 Å². The van der Waals surface area contributed by atoms with Gasteiger partial charge in [-0.2, -0.15) is 0 Å². The molecule has 1 aromatic heterocycles. The second-order valence-corrected chi connectivity index (χ2v) is 14.8. The minimum Gasteiger partial charge on any atom is -1.00 e. The number of halogens is 2. The van der Waals surface area contributed by atoms with Crippen LogP contribution < -0.4 is 54.4 Å².